The van der Waals surface area contributed by atoms with Gasteiger partial charge in [0.1, 0.15) is 0 Å². The Morgan fingerprint density at radius 3 is 3.00 bits per heavy atom. The van der Waals surface area contributed by atoms with Gasteiger partial charge in [-0.25, -0.2) is 0 Å². The molecule has 0 aromatic heterocycles. The lowest BCUT2D eigenvalue weighted by atomic mass is 10.1. The lowest BCUT2D eigenvalue weighted by Gasteiger charge is -2.06. The molecule has 0 aromatic carbocycles. The lowest BCUT2D eigenvalue weighted by molar-refractivity contribution is -0.137. The Bertz CT molecular complexity index is 127. The first-order chi connectivity index (χ1) is 5.29. The monoisotopic (exact) mass is 158 g/mol. The Labute approximate surface area is 66.4 Å². The number of hydrogen-bond donors (Lipinski definition) is 1. The van der Waals surface area contributed by atoms with Gasteiger partial charge in [0.2, 0.25) is 0 Å². The maximum atomic E-state index is 10.1. The molecule has 0 aromatic rings. The minimum Gasteiger partial charge on any atom is -0.481 e. The fourth-order valence-corrected chi connectivity index (χ4v) is 1.35. The van der Waals surface area contributed by atoms with Crippen molar-refractivity contribution in [1.82, 2.24) is 0 Å². The molecule has 3 nitrogen and oxygen atoms in total. The van der Waals surface area contributed by atoms with Gasteiger partial charge in [0, 0.05) is 13.0 Å². The Morgan fingerprint density at radius 1 is 1.64 bits per heavy atom. The van der Waals surface area contributed by atoms with Crippen LogP contribution in [-0.4, -0.2) is 23.8 Å². The average molecular weight is 158 g/mol. The molecule has 1 atom stereocenters. The zero-order chi connectivity index (χ0) is 8.10. The first kappa shape index (κ1) is 8.53. The van der Waals surface area contributed by atoms with Crippen molar-refractivity contribution in [1.29, 1.82) is 0 Å². The maximum Gasteiger partial charge on any atom is 0.303 e. The topological polar surface area (TPSA) is 46.5 Å². The van der Waals surface area contributed by atoms with Crippen LogP contribution in [0.1, 0.15) is 32.1 Å². The van der Waals surface area contributed by atoms with Crippen LogP contribution in [0.15, 0.2) is 0 Å². The van der Waals surface area contributed by atoms with Gasteiger partial charge >= 0.3 is 5.97 Å². The molecular formula is C8H14O3. The van der Waals surface area contributed by atoms with E-state index in [-0.39, 0.29) is 6.42 Å². The van der Waals surface area contributed by atoms with Crippen molar-refractivity contribution in [2.24, 2.45) is 0 Å². The van der Waals surface area contributed by atoms with E-state index in [1.807, 2.05) is 0 Å². The van der Waals surface area contributed by atoms with E-state index >= 15 is 0 Å². The fraction of sp³-hybridized carbons (Fsp3) is 0.875. The number of carboxylic acid groups (broad SMARTS) is 1. The molecule has 1 rings (SSSR count). The van der Waals surface area contributed by atoms with Crippen molar-refractivity contribution in [2.45, 2.75) is 38.2 Å². The highest BCUT2D eigenvalue weighted by Gasteiger charge is 2.14. The summed E-state index contributed by atoms with van der Waals surface area (Å²) in [6.07, 6.45) is 4.53. The van der Waals surface area contributed by atoms with E-state index in [1.54, 1.807) is 0 Å². The Morgan fingerprint density at radius 2 is 2.45 bits per heavy atom. The number of aliphatic carboxylic acids is 1. The maximum absolute atomic E-state index is 10.1. The summed E-state index contributed by atoms with van der Waals surface area (Å²) in [5.74, 6) is -0.706. The van der Waals surface area contributed by atoms with Gasteiger partial charge in [0.25, 0.3) is 0 Å². The van der Waals surface area contributed by atoms with E-state index in [0.29, 0.717) is 6.10 Å². The number of carboxylic acids is 1. The molecule has 0 unspecified atom stereocenters. The first-order valence-corrected chi connectivity index (χ1v) is 4.12. The van der Waals surface area contributed by atoms with Crippen LogP contribution in [0.3, 0.4) is 0 Å². The molecule has 11 heavy (non-hydrogen) atoms. The molecule has 0 saturated carbocycles. The van der Waals surface area contributed by atoms with E-state index in [9.17, 15) is 4.79 Å². The molecule has 0 amide bonds. The van der Waals surface area contributed by atoms with Crippen LogP contribution in [-0.2, 0) is 9.53 Å². The van der Waals surface area contributed by atoms with Crippen molar-refractivity contribution in [2.75, 3.05) is 6.61 Å². The van der Waals surface area contributed by atoms with E-state index in [4.69, 9.17) is 9.84 Å². The quantitative estimate of drug-likeness (QED) is 0.673. The second-order valence-electron chi connectivity index (χ2n) is 2.92. The molecule has 0 bridgehead atoms. The molecule has 1 aliphatic heterocycles. The van der Waals surface area contributed by atoms with Crippen LogP contribution < -0.4 is 0 Å². The molecule has 0 spiro atoms. The summed E-state index contributed by atoms with van der Waals surface area (Å²) < 4.78 is 5.34. The summed E-state index contributed by atoms with van der Waals surface area (Å²) in [7, 11) is 0. The molecule has 0 aliphatic carbocycles. The Hall–Kier alpha value is -0.570. The smallest absolute Gasteiger partial charge is 0.303 e. The van der Waals surface area contributed by atoms with Gasteiger partial charge in [-0.2, -0.15) is 0 Å². The number of carbonyl (C=O) groups is 1. The molecule has 1 saturated heterocycles. The van der Waals surface area contributed by atoms with Crippen molar-refractivity contribution in [3.63, 3.8) is 0 Å². The second-order valence-corrected chi connectivity index (χ2v) is 2.92. The highest BCUT2D eigenvalue weighted by molar-refractivity contribution is 5.66. The second kappa shape index (κ2) is 4.34. The SMILES string of the molecule is O=C(O)CCC[C@@H]1CCCO1. The molecule has 0 radical (unpaired) electrons. The Kier molecular flexibility index (Phi) is 3.36. The summed E-state index contributed by atoms with van der Waals surface area (Å²) in [5, 5.41) is 8.35. The molecule has 1 fully saturated rings. The molecule has 1 heterocycles. The van der Waals surface area contributed by atoms with Gasteiger partial charge < -0.3 is 9.84 Å². The van der Waals surface area contributed by atoms with E-state index in [1.165, 1.54) is 0 Å². The summed E-state index contributed by atoms with van der Waals surface area (Å²) in [6.45, 7) is 0.859. The first-order valence-electron chi connectivity index (χ1n) is 4.12. The van der Waals surface area contributed by atoms with Crippen LogP contribution in [0.4, 0.5) is 0 Å². The average Bonchev–Trinajstić information content (AvgIpc) is 2.39. The highest BCUT2D eigenvalue weighted by Crippen LogP contribution is 2.17. The molecular weight excluding hydrogens is 144 g/mol. The van der Waals surface area contributed by atoms with Crippen LogP contribution >= 0.6 is 0 Å². The van der Waals surface area contributed by atoms with Crippen LogP contribution in [0.2, 0.25) is 0 Å². The molecule has 1 aliphatic rings. The minimum absolute atomic E-state index is 0.278. The summed E-state index contributed by atoms with van der Waals surface area (Å²) in [6, 6.07) is 0. The van der Waals surface area contributed by atoms with Crippen molar-refractivity contribution < 1.29 is 14.6 Å². The highest BCUT2D eigenvalue weighted by atomic mass is 16.5. The van der Waals surface area contributed by atoms with Gasteiger partial charge in [-0.05, 0) is 25.7 Å². The van der Waals surface area contributed by atoms with E-state index < -0.39 is 5.97 Å². The molecule has 64 valence electrons. The van der Waals surface area contributed by atoms with Gasteiger partial charge in [0.05, 0.1) is 6.10 Å². The van der Waals surface area contributed by atoms with E-state index in [0.717, 1.165) is 32.3 Å². The van der Waals surface area contributed by atoms with Crippen LogP contribution in [0.25, 0.3) is 0 Å². The normalized spacial score (nSPS) is 23.8. The number of rotatable bonds is 4. The van der Waals surface area contributed by atoms with E-state index in [2.05, 4.69) is 0 Å². The Balaban J connectivity index is 1.98. The molecule has 3 heteroatoms. The summed E-state index contributed by atoms with van der Waals surface area (Å²) >= 11 is 0. The van der Waals surface area contributed by atoms with Gasteiger partial charge in [-0.15, -0.1) is 0 Å². The van der Waals surface area contributed by atoms with Crippen molar-refractivity contribution in [3.05, 3.63) is 0 Å². The van der Waals surface area contributed by atoms with Gasteiger partial charge in [-0.1, -0.05) is 0 Å². The van der Waals surface area contributed by atoms with Gasteiger partial charge in [-0.3, -0.25) is 4.79 Å². The van der Waals surface area contributed by atoms with Crippen LogP contribution in [0.5, 0.6) is 0 Å². The third-order valence-electron chi connectivity index (χ3n) is 1.94. The van der Waals surface area contributed by atoms with Gasteiger partial charge in [0.15, 0.2) is 0 Å². The minimum atomic E-state index is -0.706. The third kappa shape index (κ3) is 3.37. The molecule has 1 N–H and O–H groups in total. The number of hydrogen-bond acceptors (Lipinski definition) is 2. The standard InChI is InChI=1S/C8H14O3/c9-8(10)5-1-3-7-4-2-6-11-7/h7H,1-6H2,(H,9,10)/t7-/m1/s1. The third-order valence-corrected chi connectivity index (χ3v) is 1.94. The predicted octanol–water partition coefficient (Wildman–Crippen LogP) is 1.42. The lowest BCUT2D eigenvalue weighted by Crippen LogP contribution is -2.05. The summed E-state index contributed by atoms with van der Waals surface area (Å²) in [4.78, 5) is 10.1. The van der Waals surface area contributed by atoms with Crippen molar-refractivity contribution in [3.8, 4) is 0 Å². The predicted molar refractivity (Wildman–Crippen MR) is 40.5 cm³/mol. The van der Waals surface area contributed by atoms with Crippen LogP contribution in [0, 0.1) is 0 Å². The van der Waals surface area contributed by atoms with Crippen molar-refractivity contribution >= 4 is 5.97 Å². The summed E-state index contributed by atoms with van der Waals surface area (Å²) in [5.41, 5.74) is 0. The fourth-order valence-electron chi connectivity index (χ4n) is 1.35. The zero-order valence-electron chi connectivity index (χ0n) is 6.58. The zero-order valence-corrected chi connectivity index (χ0v) is 6.58. The largest absolute Gasteiger partial charge is 0.481 e. The number of ether oxygens (including phenoxy) is 1.